The highest BCUT2D eigenvalue weighted by Gasteiger charge is 2.17. The second kappa shape index (κ2) is 8.81. The number of nitrogens with one attached hydrogen (secondary N) is 1. The summed E-state index contributed by atoms with van der Waals surface area (Å²) < 4.78 is 18.9. The molecule has 1 amide bonds. The molecule has 0 aliphatic heterocycles. The molecule has 0 heterocycles. The molecule has 132 valence electrons. The molecule has 0 spiro atoms. The van der Waals surface area contributed by atoms with Crippen molar-refractivity contribution in [1.29, 1.82) is 0 Å². The van der Waals surface area contributed by atoms with E-state index in [1.807, 2.05) is 60.7 Å². The number of halogens is 1. The molecule has 0 radical (unpaired) electrons. The van der Waals surface area contributed by atoms with E-state index in [1.54, 1.807) is 18.2 Å². The molecule has 0 saturated heterocycles. The Bertz CT molecular complexity index is 798. The molecule has 0 unspecified atom stereocenters. The molecule has 3 aromatic carbocycles. The Balaban J connectivity index is 1.63. The average Bonchev–Trinajstić information content (AvgIpc) is 2.69. The molecule has 0 bridgehead atoms. The number of alkyl carbamates (subject to hydrolysis) is 1. The van der Waals surface area contributed by atoms with Crippen LogP contribution in [0.4, 0.5) is 9.18 Å². The third-order valence-corrected chi connectivity index (χ3v) is 4.09. The maximum Gasteiger partial charge on any atom is 0.407 e. The third kappa shape index (κ3) is 4.70. The van der Waals surface area contributed by atoms with Gasteiger partial charge < -0.3 is 10.1 Å². The largest absolute Gasteiger partial charge is 0.449 e. The van der Waals surface area contributed by atoms with Crippen molar-refractivity contribution in [3.63, 3.8) is 0 Å². The van der Waals surface area contributed by atoms with E-state index in [9.17, 15) is 9.18 Å². The van der Waals surface area contributed by atoms with Gasteiger partial charge in [-0.1, -0.05) is 78.9 Å². The van der Waals surface area contributed by atoms with Crippen molar-refractivity contribution in [2.45, 2.75) is 12.5 Å². The Labute approximate surface area is 152 Å². The Morgan fingerprint density at radius 1 is 0.846 bits per heavy atom. The summed E-state index contributed by atoms with van der Waals surface area (Å²) in [6.45, 7) is 0.114. The van der Waals surface area contributed by atoms with Crippen LogP contribution in [0, 0.1) is 5.82 Å². The number of hydrogen-bond acceptors (Lipinski definition) is 2. The molecule has 0 atom stereocenters. The van der Waals surface area contributed by atoms with Gasteiger partial charge in [0.05, 0.1) is 12.6 Å². The van der Waals surface area contributed by atoms with Gasteiger partial charge in [0.2, 0.25) is 0 Å². The molecule has 3 nitrogen and oxygen atoms in total. The molecule has 0 saturated carbocycles. The van der Waals surface area contributed by atoms with E-state index in [0.717, 1.165) is 11.1 Å². The first kappa shape index (κ1) is 17.7. The SMILES string of the molecule is O=C(NC(c1ccccc1)c1ccccc1)OCCc1ccccc1F. The number of hydrogen-bond donors (Lipinski definition) is 1. The zero-order chi connectivity index (χ0) is 18.2. The highest BCUT2D eigenvalue weighted by molar-refractivity contribution is 5.68. The zero-order valence-electron chi connectivity index (χ0n) is 14.3. The summed E-state index contributed by atoms with van der Waals surface area (Å²) >= 11 is 0. The number of amides is 1. The van der Waals surface area contributed by atoms with Crippen LogP contribution in [0.25, 0.3) is 0 Å². The van der Waals surface area contributed by atoms with Crippen LogP contribution in [-0.2, 0) is 11.2 Å². The highest BCUT2D eigenvalue weighted by Crippen LogP contribution is 2.21. The maximum absolute atomic E-state index is 13.6. The quantitative estimate of drug-likeness (QED) is 0.688. The van der Waals surface area contributed by atoms with Gasteiger partial charge in [-0.2, -0.15) is 0 Å². The first-order valence-corrected chi connectivity index (χ1v) is 8.50. The number of benzene rings is 3. The third-order valence-electron chi connectivity index (χ3n) is 4.09. The fourth-order valence-electron chi connectivity index (χ4n) is 2.76. The van der Waals surface area contributed by atoms with Crippen LogP contribution in [0.3, 0.4) is 0 Å². The van der Waals surface area contributed by atoms with E-state index in [1.165, 1.54) is 6.07 Å². The second-order valence-corrected chi connectivity index (χ2v) is 5.88. The van der Waals surface area contributed by atoms with E-state index < -0.39 is 6.09 Å². The van der Waals surface area contributed by atoms with Crippen LogP contribution in [-0.4, -0.2) is 12.7 Å². The van der Waals surface area contributed by atoms with Crippen molar-refractivity contribution in [2.75, 3.05) is 6.61 Å². The van der Waals surface area contributed by atoms with Gasteiger partial charge >= 0.3 is 6.09 Å². The predicted octanol–water partition coefficient (Wildman–Crippen LogP) is 4.88. The minimum atomic E-state index is -0.529. The predicted molar refractivity (Wildman–Crippen MR) is 99.3 cm³/mol. The van der Waals surface area contributed by atoms with Crippen LogP contribution in [0.15, 0.2) is 84.9 Å². The van der Waals surface area contributed by atoms with Crippen LogP contribution >= 0.6 is 0 Å². The normalized spacial score (nSPS) is 10.5. The minimum absolute atomic E-state index is 0.114. The van der Waals surface area contributed by atoms with Gasteiger partial charge in [0.25, 0.3) is 0 Å². The summed E-state index contributed by atoms with van der Waals surface area (Å²) in [5, 5.41) is 2.90. The fourth-order valence-corrected chi connectivity index (χ4v) is 2.76. The monoisotopic (exact) mass is 349 g/mol. The molecule has 0 aromatic heterocycles. The summed E-state index contributed by atoms with van der Waals surface area (Å²) in [5.41, 5.74) is 2.46. The van der Waals surface area contributed by atoms with Crippen LogP contribution < -0.4 is 5.32 Å². The van der Waals surface area contributed by atoms with Gasteiger partial charge in [-0.25, -0.2) is 9.18 Å². The standard InChI is InChI=1S/C22H20FNO2/c23-20-14-8-7-9-17(20)15-16-26-22(25)24-21(18-10-3-1-4-11-18)19-12-5-2-6-13-19/h1-14,21H,15-16H2,(H,24,25). The molecule has 1 N–H and O–H groups in total. The van der Waals surface area contributed by atoms with E-state index in [0.29, 0.717) is 12.0 Å². The number of carbonyl (C=O) groups is 1. The maximum atomic E-state index is 13.6. The van der Waals surface area contributed by atoms with Crippen molar-refractivity contribution in [1.82, 2.24) is 5.32 Å². The van der Waals surface area contributed by atoms with Crippen LogP contribution in [0.1, 0.15) is 22.7 Å². The zero-order valence-corrected chi connectivity index (χ0v) is 14.3. The van der Waals surface area contributed by atoms with Gasteiger partial charge in [-0.05, 0) is 22.8 Å². The summed E-state index contributed by atoms with van der Waals surface area (Å²) in [5.74, 6) is -0.289. The van der Waals surface area contributed by atoms with Crippen molar-refractivity contribution in [2.24, 2.45) is 0 Å². The van der Waals surface area contributed by atoms with Crippen molar-refractivity contribution >= 4 is 6.09 Å². The van der Waals surface area contributed by atoms with Gasteiger partial charge in [0, 0.05) is 6.42 Å². The Hall–Kier alpha value is -3.14. The van der Waals surface area contributed by atoms with Crippen molar-refractivity contribution < 1.29 is 13.9 Å². The van der Waals surface area contributed by atoms with Crippen molar-refractivity contribution in [3.8, 4) is 0 Å². The van der Waals surface area contributed by atoms with E-state index in [-0.39, 0.29) is 18.5 Å². The van der Waals surface area contributed by atoms with Gasteiger partial charge in [0.15, 0.2) is 0 Å². The molecule has 3 rings (SSSR count). The lowest BCUT2D eigenvalue weighted by Crippen LogP contribution is -2.30. The number of carbonyl (C=O) groups excluding carboxylic acids is 1. The Morgan fingerprint density at radius 3 is 1.96 bits per heavy atom. The van der Waals surface area contributed by atoms with E-state index in [4.69, 9.17) is 4.74 Å². The molecular formula is C22H20FNO2. The van der Waals surface area contributed by atoms with E-state index in [2.05, 4.69) is 5.32 Å². The van der Waals surface area contributed by atoms with Crippen molar-refractivity contribution in [3.05, 3.63) is 107 Å². The number of ether oxygens (including phenoxy) is 1. The summed E-state index contributed by atoms with van der Waals surface area (Å²) in [7, 11) is 0. The van der Waals surface area contributed by atoms with Crippen LogP contribution in [0.5, 0.6) is 0 Å². The average molecular weight is 349 g/mol. The molecule has 0 fully saturated rings. The van der Waals surface area contributed by atoms with Gasteiger partial charge in [0.1, 0.15) is 5.82 Å². The van der Waals surface area contributed by atoms with Gasteiger partial charge in [-0.3, -0.25) is 0 Å². The summed E-state index contributed by atoms with van der Waals surface area (Å²) in [6, 6.07) is 25.6. The molecule has 26 heavy (non-hydrogen) atoms. The topological polar surface area (TPSA) is 38.3 Å². The highest BCUT2D eigenvalue weighted by atomic mass is 19.1. The summed E-state index contributed by atoms with van der Waals surface area (Å²) in [6.07, 6.45) is -0.194. The molecule has 0 aliphatic carbocycles. The van der Waals surface area contributed by atoms with Crippen LogP contribution in [0.2, 0.25) is 0 Å². The first-order chi connectivity index (χ1) is 12.7. The van der Waals surface area contributed by atoms with E-state index >= 15 is 0 Å². The van der Waals surface area contributed by atoms with Gasteiger partial charge in [-0.15, -0.1) is 0 Å². The second-order valence-electron chi connectivity index (χ2n) is 5.88. The Kier molecular flexibility index (Phi) is 5.99. The lowest BCUT2D eigenvalue weighted by Gasteiger charge is -2.19. The summed E-state index contributed by atoms with van der Waals surface area (Å²) in [4.78, 5) is 12.2. The molecule has 4 heteroatoms. The smallest absolute Gasteiger partial charge is 0.407 e. The number of rotatable bonds is 6. The molecular weight excluding hydrogens is 329 g/mol. The molecule has 0 aliphatic rings. The lowest BCUT2D eigenvalue weighted by molar-refractivity contribution is 0.144. The minimum Gasteiger partial charge on any atom is -0.449 e. The fraction of sp³-hybridized carbons (Fsp3) is 0.136. The first-order valence-electron chi connectivity index (χ1n) is 8.50. The Morgan fingerprint density at radius 2 is 1.38 bits per heavy atom. The lowest BCUT2D eigenvalue weighted by atomic mass is 9.99. The molecule has 3 aromatic rings.